The van der Waals surface area contributed by atoms with Gasteiger partial charge < -0.3 is 5.11 Å². The molecule has 1 aliphatic rings. The fourth-order valence-corrected chi connectivity index (χ4v) is 2.95. The van der Waals surface area contributed by atoms with Crippen LogP contribution >= 0.6 is 11.6 Å². The first-order valence-electron chi connectivity index (χ1n) is 6.70. The summed E-state index contributed by atoms with van der Waals surface area (Å²) in [5.41, 5.74) is -0.268. The van der Waals surface area contributed by atoms with E-state index in [9.17, 15) is 20.0 Å². The molecule has 0 spiro atoms. The number of rotatable bonds is 4. The largest absolute Gasteiger partial charge is 0.481 e. The number of piperidine rings is 1. The van der Waals surface area contributed by atoms with E-state index < -0.39 is 16.3 Å². The number of halogens is 1. The molecule has 1 heterocycles. The molecule has 1 N–H and O–H groups in total. The summed E-state index contributed by atoms with van der Waals surface area (Å²) in [5.74, 6) is -0.826. The molecule has 0 bridgehead atoms. The zero-order valence-electron chi connectivity index (χ0n) is 11.7. The molecule has 7 heteroatoms. The minimum absolute atomic E-state index is 0.0157. The summed E-state index contributed by atoms with van der Waals surface area (Å²) < 4.78 is 0. The second kappa shape index (κ2) is 5.99. The molecule has 114 valence electrons. The molecule has 1 saturated heterocycles. The SMILES string of the molecule is CC1(C(=O)O)CCCN(Cc2cc(Cl)ccc2[N+](=O)[O-])C1. The van der Waals surface area contributed by atoms with Crippen molar-refractivity contribution in [3.63, 3.8) is 0 Å². The normalized spacial score (nSPS) is 23.0. The van der Waals surface area contributed by atoms with E-state index in [0.29, 0.717) is 30.1 Å². The Labute approximate surface area is 127 Å². The Hall–Kier alpha value is -1.66. The van der Waals surface area contributed by atoms with Crippen molar-refractivity contribution in [3.05, 3.63) is 38.9 Å². The van der Waals surface area contributed by atoms with E-state index in [-0.39, 0.29) is 5.69 Å². The summed E-state index contributed by atoms with van der Waals surface area (Å²) in [6, 6.07) is 4.45. The quantitative estimate of drug-likeness (QED) is 0.682. The highest BCUT2D eigenvalue weighted by molar-refractivity contribution is 6.30. The van der Waals surface area contributed by atoms with Crippen LogP contribution in [0.2, 0.25) is 5.02 Å². The number of carboxylic acids is 1. The number of nitro groups is 1. The fourth-order valence-electron chi connectivity index (χ4n) is 2.75. The lowest BCUT2D eigenvalue weighted by atomic mass is 9.82. The second-order valence-electron chi connectivity index (χ2n) is 5.71. The van der Waals surface area contributed by atoms with E-state index in [4.69, 9.17) is 11.6 Å². The molecule has 0 saturated carbocycles. The number of benzene rings is 1. The Morgan fingerprint density at radius 2 is 2.29 bits per heavy atom. The molecule has 0 radical (unpaired) electrons. The van der Waals surface area contributed by atoms with Gasteiger partial charge in [0.05, 0.1) is 10.3 Å². The lowest BCUT2D eigenvalue weighted by Gasteiger charge is -2.37. The van der Waals surface area contributed by atoms with Crippen LogP contribution in [0.4, 0.5) is 5.69 Å². The molecule has 1 fully saturated rings. The van der Waals surface area contributed by atoms with Gasteiger partial charge in [0.2, 0.25) is 0 Å². The number of likely N-dealkylation sites (tertiary alicyclic amines) is 1. The highest BCUT2D eigenvalue weighted by atomic mass is 35.5. The van der Waals surface area contributed by atoms with Gasteiger partial charge in [0.15, 0.2) is 0 Å². The first kappa shape index (κ1) is 15.7. The van der Waals surface area contributed by atoms with Gasteiger partial charge in [-0.2, -0.15) is 0 Å². The Kier molecular flexibility index (Phi) is 4.49. The molecule has 1 atom stereocenters. The topological polar surface area (TPSA) is 83.7 Å². The first-order valence-corrected chi connectivity index (χ1v) is 7.08. The second-order valence-corrected chi connectivity index (χ2v) is 6.15. The third kappa shape index (κ3) is 3.51. The molecule has 21 heavy (non-hydrogen) atoms. The Bertz CT molecular complexity index is 578. The minimum atomic E-state index is -0.826. The van der Waals surface area contributed by atoms with Crippen LogP contribution in [0.25, 0.3) is 0 Å². The fraction of sp³-hybridized carbons (Fsp3) is 0.500. The molecule has 0 aliphatic carbocycles. The van der Waals surface area contributed by atoms with Gasteiger partial charge >= 0.3 is 5.97 Å². The van der Waals surface area contributed by atoms with E-state index in [1.807, 2.05) is 4.90 Å². The van der Waals surface area contributed by atoms with Crippen molar-refractivity contribution in [2.24, 2.45) is 5.41 Å². The van der Waals surface area contributed by atoms with E-state index in [0.717, 1.165) is 13.0 Å². The van der Waals surface area contributed by atoms with E-state index >= 15 is 0 Å². The van der Waals surface area contributed by atoms with E-state index in [1.165, 1.54) is 12.1 Å². The molecule has 0 amide bonds. The first-order chi connectivity index (χ1) is 9.82. The molecule has 2 rings (SSSR count). The van der Waals surface area contributed by atoms with Crippen LogP contribution < -0.4 is 0 Å². The molecule has 1 aromatic rings. The van der Waals surface area contributed by atoms with Crippen molar-refractivity contribution < 1.29 is 14.8 Å². The van der Waals surface area contributed by atoms with Gasteiger partial charge in [-0.1, -0.05) is 11.6 Å². The van der Waals surface area contributed by atoms with Crippen LogP contribution in [0.1, 0.15) is 25.3 Å². The lowest BCUT2D eigenvalue weighted by Crippen LogP contribution is -2.45. The third-order valence-electron chi connectivity index (χ3n) is 3.92. The van der Waals surface area contributed by atoms with Crippen molar-refractivity contribution in [2.45, 2.75) is 26.3 Å². The monoisotopic (exact) mass is 312 g/mol. The van der Waals surface area contributed by atoms with Crippen LogP contribution in [0.3, 0.4) is 0 Å². The summed E-state index contributed by atoms with van der Waals surface area (Å²) >= 11 is 5.91. The summed E-state index contributed by atoms with van der Waals surface area (Å²) in [6.07, 6.45) is 1.38. The molecular formula is C14H17ClN2O4. The number of hydrogen-bond acceptors (Lipinski definition) is 4. The molecular weight excluding hydrogens is 296 g/mol. The summed E-state index contributed by atoms with van der Waals surface area (Å²) in [7, 11) is 0. The number of nitrogens with zero attached hydrogens (tertiary/aromatic N) is 2. The maximum atomic E-state index is 11.3. The number of hydrogen-bond donors (Lipinski definition) is 1. The van der Waals surface area contributed by atoms with Crippen LogP contribution in [0.15, 0.2) is 18.2 Å². The Morgan fingerprint density at radius 3 is 2.90 bits per heavy atom. The Morgan fingerprint density at radius 1 is 1.57 bits per heavy atom. The highest BCUT2D eigenvalue weighted by Crippen LogP contribution is 2.32. The number of carbonyl (C=O) groups is 1. The van der Waals surface area contributed by atoms with Crippen molar-refractivity contribution in [1.82, 2.24) is 4.90 Å². The maximum Gasteiger partial charge on any atom is 0.310 e. The predicted octanol–water partition coefficient (Wildman–Crippen LogP) is 2.93. The highest BCUT2D eigenvalue weighted by Gasteiger charge is 2.38. The average molecular weight is 313 g/mol. The predicted molar refractivity (Wildman–Crippen MR) is 78.4 cm³/mol. The van der Waals surface area contributed by atoms with Gasteiger partial charge in [-0.15, -0.1) is 0 Å². The number of carboxylic acid groups (broad SMARTS) is 1. The van der Waals surface area contributed by atoms with Crippen LogP contribution in [-0.4, -0.2) is 34.0 Å². The standard InChI is InChI=1S/C14H17ClN2O4/c1-14(13(18)19)5-2-6-16(9-14)8-10-7-11(15)3-4-12(10)17(20)21/h3-4,7H,2,5-6,8-9H2,1H3,(H,18,19). The molecule has 1 aliphatic heterocycles. The van der Waals surface area contributed by atoms with Gasteiger partial charge in [-0.25, -0.2) is 0 Å². The van der Waals surface area contributed by atoms with Gasteiger partial charge in [-0.05, 0) is 38.4 Å². The van der Waals surface area contributed by atoms with E-state index in [1.54, 1.807) is 13.0 Å². The van der Waals surface area contributed by atoms with Crippen molar-refractivity contribution in [2.75, 3.05) is 13.1 Å². The average Bonchev–Trinajstić information content (AvgIpc) is 2.38. The third-order valence-corrected chi connectivity index (χ3v) is 4.16. The lowest BCUT2D eigenvalue weighted by molar-refractivity contribution is -0.385. The minimum Gasteiger partial charge on any atom is -0.481 e. The molecule has 1 aromatic carbocycles. The van der Waals surface area contributed by atoms with Gasteiger partial charge in [0.25, 0.3) is 5.69 Å². The number of nitro benzene ring substituents is 1. The summed E-state index contributed by atoms with van der Waals surface area (Å²) in [5, 5.41) is 20.8. The van der Waals surface area contributed by atoms with Crippen molar-refractivity contribution in [3.8, 4) is 0 Å². The van der Waals surface area contributed by atoms with Gasteiger partial charge in [-0.3, -0.25) is 19.8 Å². The zero-order chi connectivity index (χ0) is 15.6. The van der Waals surface area contributed by atoms with Crippen molar-refractivity contribution in [1.29, 1.82) is 0 Å². The molecule has 0 aromatic heterocycles. The maximum absolute atomic E-state index is 11.3. The number of aliphatic carboxylic acids is 1. The summed E-state index contributed by atoms with van der Waals surface area (Å²) in [4.78, 5) is 23.9. The van der Waals surface area contributed by atoms with Crippen LogP contribution in [0, 0.1) is 15.5 Å². The Balaban J connectivity index is 2.20. The summed E-state index contributed by atoms with van der Waals surface area (Å²) in [6.45, 7) is 3.16. The van der Waals surface area contributed by atoms with Crippen LogP contribution in [-0.2, 0) is 11.3 Å². The van der Waals surface area contributed by atoms with E-state index in [2.05, 4.69) is 0 Å². The van der Waals surface area contributed by atoms with Crippen molar-refractivity contribution >= 4 is 23.3 Å². The molecule has 1 unspecified atom stereocenters. The zero-order valence-corrected chi connectivity index (χ0v) is 12.5. The molecule has 6 nitrogen and oxygen atoms in total. The van der Waals surface area contributed by atoms with Gasteiger partial charge in [0.1, 0.15) is 0 Å². The smallest absolute Gasteiger partial charge is 0.310 e. The van der Waals surface area contributed by atoms with Crippen LogP contribution in [0.5, 0.6) is 0 Å². The van der Waals surface area contributed by atoms with Gasteiger partial charge in [0, 0.05) is 29.7 Å².